The fraction of sp³-hybridized carbons (Fsp3) is 0.740. The first-order valence-corrected chi connectivity index (χ1v) is 47.3. The van der Waals surface area contributed by atoms with E-state index in [9.17, 15) is 4.79 Å². The Hall–Kier alpha value is -4.93. The molecule has 0 aliphatic carbocycles. The van der Waals surface area contributed by atoms with Crippen LogP contribution in [0.1, 0.15) is 164 Å². The van der Waals surface area contributed by atoms with Gasteiger partial charge in [0.15, 0.2) is 0 Å². The van der Waals surface area contributed by atoms with Crippen molar-refractivity contribution in [1.29, 1.82) is 0 Å². The Bertz CT molecular complexity index is 3030. The number of likely N-dealkylation sites (tertiary alicyclic amines) is 1. The average molecular weight is 1640 g/mol. The largest absolute Gasteiger partial charge is 0.385 e. The molecule has 0 radical (unpaired) electrons. The minimum Gasteiger partial charge on any atom is -0.385 e. The molecule has 1 spiro atoms. The molecule has 14 heterocycles. The SMILES string of the molecule is C1CC2CCC(C1)N2.C1CCN(C2CCNCC2)CC1.C1COC2(C1)CCNCC2.COCCC(C)N1CCNCC1.COCCC1CCCNC1.Cc1ccc(C)c(N2CCNCC2)c1.Cc1ccccc1N1CCNCC1.O=C(CN1CCNCC1)N1CCOCC1.c1ccc(C2CCNCC2)cc1.c1ccc(N2CCNCC2)cc1. The van der Waals surface area contributed by atoms with Gasteiger partial charge in [0, 0.05) is 219 Å². The predicted molar refractivity (Wildman–Crippen MR) is 494 cm³/mol. The van der Waals surface area contributed by atoms with Gasteiger partial charge in [0.1, 0.15) is 0 Å². The number of piperidine rings is 6. The summed E-state index contributed by atoms with van der Waals surface area (Å²) in [4.78, 5) is 28.6. The van der Waals surface area contributed by atoms with Gasteiger partial charge in [-0.05, 0) is 267 Å². The molecule has 14 aliphatic heterocycles. The third-order valence-corrected chi connectivity index (χ3v) is 26.2. The lowest BCUT2D eigenvalue weighted by atomic mass is 9.90. The second kappa shape index (κ2) is 59.0. The molecule has 14 aliphatic rings. The van der Waals surface area contributed by atoms with E-state index in [1.165, 1.54) is 227 Å². The Balaban J connectivity index is 0.000000150. The van der Waals surface area contributed by atoms with Crippen molar-refractivity contribution in [2.24, 2.45) is 5.92 Å². The maximum Gasteiger partial charge on any atom is 0.236 e. The second-order valence-electron chi connectivity index (χ2n) is 35.0. The van der Waals surface area contributed by atoms with E-state index >= 15 is 0 Å². The van der Waals surface area contributed by atoms with Gasteiger partial charge in [-0.2, -0.15) is 0 Å². The van der Waals surface area contributed by atoms with Crippen molar-refractivity contribution < 1.29 is 23.7 Å². The van der Waals surface area contributed by atoms with Crippen LogP contribution < -0.4 is 67.9 Å². The van der Waals surface area contributed by atoms with E-state index in [0.717, 1.165) is 200 Å². The quantitative estimate of drug-likeness (QED) is 0.0572. The maximum absolute atomic E-state index is 11.9. The van der Waals surface area contributed by atoms with Gasteiger partial charge in [-0.3, -0.25) is 14.6 Å². The number of anilines is 3. The number of hydrogen-bond acceptors (Lipinski definition) is 21. The minimum atomic E-state index is 0.250. The molecule has 0 saturated carbocycles. The van der Waals surface area contributed by atoms with E-state index in [1.807, 2.05) is 4.90 Å². The van der Waals surface area contributed by atoms with Crippen LogP contribution in [0.2, 0.25) is 0 Å². The van der Waals surface area contributed by atoms with E-state index in [2.05, 4.69) is 213 Å². The van der Waals surface area contributed by atoms with Gasteiger partial charge in [0.05, 0.1) is 25.4 Å². The zero-order valence-electron chi connectivity index (χ0n) is 75.0. The van der Waals surface area contributed by atoms with Crippen molar-refractivity contribution in [3.8, 4) is 0 Å². The molecule has 666 valence electrons. The second-order valence-corrected chi connectivity index (χ2v) is 35.0. The molecule has 10 N–H and O–H groups in total. The number of hydrogen-bond donors (Lipinski definition) is 10. The van der Waals surface area contributed by atoms with Crippen molar-refractivity contribution in [3.63, 3.8) is 0 Å². The highest BCUT2D eigenvalue weighted by atomic mass is 16.5. The third-order valence-electron chi connectivity index (χ3n) is 26.2. The molecule has 2 bridgehead atoms. The number of nitrogens with one attached hydrogen (secondary N) is 10. The van der Waals surface area contributed by atoms with Gasteiger partial charge >= 0.3 is 0 Å². The molecule has 4 aromatic rings. The summed E-state index contributed by atoms with van der Waals surface area (Å²) < 4.78 is 21.0. The molecule has 22 heteroatoms. The van der Waals surface area contributed by atoms with Crippen molar-refractivity contribution >= 4 is 23.0 Å². The lowest BCUT2D eigenvalue weighted by Gasteiger charge is -2.36. The summed E-state index contributed by atoms with van der Waals surface area (Å²) in [7, 11) is 3.54. The van der Waals surface area contributed by atoms with Crippen molar-refractivity contribution in [2.45, 2.75) is 192 Å². The molecule has 118 heavy (non-hydrogen) atoms. The van der Waals surface area contributed by atoms with E-state index in [-0.39, 0.29) is 5.91 Å². The number of carbonyl (C=O) groups is 1. The zero-order valence-corrected chi connectivity index (χ0v) is 75.0. The van der Waals surface area contributed by atoms with Gasteiger partial charge < -0.3 is 96.6 Å². The standard InChI is InChI=1S/C12H18N2.C11H16N2.C11H15N.C10H19N3O2.C10H20N2.C10H14N2.C9H20N2O.C8H15NO.C8H17NO.C7H13N/c1-10-3-4-11(2)12(9-10)14-7-5-13-6-8-14;1-10-4-2-3-5-11(10)13-8-6-12-7-9-13;1-2-4-10(5-3-1)11-6-8-12-9-7-11;14-10(13-5-7-15-8-6-13)9-12-3-1-11-2-4-12;1-2-8-12(9-3-1)10-4-6-11-7-5-10;1-2-4-10(5-3-1)12-8-6-11-7-9-12;1-9(3-8-12-2)11-6-4-10-5-7-11;1-2-8(10-7-1)3-5-9-6-4-8;1-10-6-4-8-3-2-5-9-7-8;1-2-6-4-5-7(3-1)8-6/h3-4,9,13H,5-8H2,1-2H3;2-5,12H,6-9H2,1H3;1-5,11-12H,6-9H2;11H,1-9H2;10-11H,1-9H2;1-5,11H,6-9H2;9-10H,3-8H2,1-2H3;9H,1-7H2;8-9H,2-7H2,1H3;6-8H,1-5H2. The summed E-state index contributed by atoms with van der Waals surface area (Å²) in [5.41, 5.74) is 10.1. The molecule has 4 aromatic carbocycles. The van der Waals surface area contributed by atoms with Crippen LogP contribution >= 0.6 is 0 Å². The van der Waals surface area contributed by atoms with Crippen molar-refractivity contribution in [1.82, 2.24) is 72.8 Å². The molecule has 4 atom stereocenters. The average Bonchev–Trinajstić information content (AvgIpc) is 1.65. The van der Waals surface area contributed by atoms with Gasteiger partial charge in [-0.15, -0.1) is 0 Å². The van der Waals surface area contributed by atoms with Crippen LogP contribution in [-0.4, -0.2) is 319 Å². The van der Waals surface area contributed by atoms with Crippen molar-refractivity contribution in [3.05, 3.63) is 125 Å². The summed E-state index contributed by atoms with van der Waals surface area (Å²) in [6, 6.07) is 40.1. The molecule has 0 aromatic heterocycles. The van der Waals surface area contributed by atoms with Crippen LogP contribution in [0.5, 0.6) is 0 Å². The predicted octanol–water partition coefficient (Wildman–Crippen LogP) is 9.89. The summed E-state index contributed by atoms with van der Waals surface area (Å²) in [6.45, 7) is 49.4. The van der Waals surface area contributed by atoms with Gasteiger partial charge in [-0.25, -0.2) is 0 Å². The number of aryl methyl sites for hydroxylation is 3. The number of nitrogens with zero attached hydrogens (tertiary/aromatic N) is 7. The van der Waals surface area contributed by atoms with Crippen LogP contribution in [0, 0.1) is 26.7 Å². The highest BCUT2D eigenvalue weighted by Gasteiger charge is 2.36. The van der Waals surface area contributed by atoms with E-state index in [1.54, 1.807) is 14.2 Å². The van der Waals surface area contributed by atoms with Gasteiger partial charge in [0.25, 0.3) is 0 Å². The summed E-state index contributed by atoms with van der Waals surface area (Å²) in [5.74, 6) is 1.92. The van der Waals surface area contributed by atoms with E-state index in [4.69, 9.17) is 18.9 Å². The summed E-state index contributed by atoms with van der Waals surface area (Å²) >= 11 is 0. The Morgan fingerprint density at radius 1 is 0.458 bits per heavy atom. The Morgan fingerprint density at radius 3 is 1.56 bits per heavy atom. The molecule has 22 nitrogen and oxygen atoms in total. The number of methoxy groups -OCH3 is 2. The first kappa shape index (κ1) is 96.9. The number of ether oxygens (including phenoxy) is 4. The summed E-state index contributed by atoms with van der Waals surface area (Å²) in [5, 5.41) is 33.9. The molecule has 14 fully saturated rings. The fourth-order valence-corrected chi connectivity index (χ4v) is 18.7. The molecule has 4 unspecified atom stereocenters. The van der Waals surface area contributed by atoms with E-state index < -0.39 is 0 Å². The zero-order chi connectivity index (χ0) is 82.6. The molecule has 18 rings (SSSR count). The van der Waals surface area contributed by atoms with Gasteiger partial charge in [0.2, 0.25) is 5.91 Å². The first-order chi connectivity index (χ1) is 58.0. The Labute approximate surface area is 716 Å². The minimum absolute atomic E-state index is 0.250. The fourth-order valence-electron chi connectivity index (χ4n) is 18.7. The van der Waals surface area contributed by atoms with Crippen LogP contribution in [0.3, 0.4) is 0 Å². The number of amides is 1. The number of carbonyl (C=O) groups excluding carboxylic acids is 1. The first-order valence-electron chi connectivity index (χ1n) is 47.3. The molecule has 1 amide bonds. The molecule has 14 saturated heterocycles. The summed E-state index contributed by atoms with van der Waals surface area (Å²) in [6.07, 6.45) is 27.1. The van der Waals surface area contributed by atoms with Gasteiger partial charge in [-0.1, -0.05) is 91.7 Å². The number of rotatable bonds is 14. The van der Waals surface area contributed by atoms with Crippen LogP contribution in [0.15, 0.2) is 103 Å². The lowest BCUT2D eigenvalue weighted by molar-refractivity contribution is -0.136. The lowest BCUT2D eigenvalue weighted by Crippen LogP contribution is -2.50. The van der Waals surface area contributed by atoms with E-state index in [0.29, 0.717) is 31.4 Å². The monoisotopic (exact) mass is 1640 g/mol. The Morgan fingerprint density at radius 2 is 0.992 bits per heavy atom. The highest BCUT2D eigenvalue weighted by Crippen LogP contribution is 2.34. The third kappa shape index (κ3) is 37.6. The van der Waals surface area contributed by atoms with Crippen LogP contribution in [-0.2, 0) is 23.7 Å². The molecular formula is C96H167N17O5. The molecular weight excluding hydrogens is 1470 g/mol. The Kier molecular flexibility index (Phi) is 48.4. The topological polar surface area (TPSA) is 197 Å². The number of para-hydroxylation sites is 2. The van der Waals surface area contributed by atoms with Crippen molar-refractivity contribution in [2.75, 3.05) is 278 Å². The van der Waals surface area contributed by atoms with Crippen LogP contribution in [0.4, 0.5) is 17.1 Å². The number of fused-ring (bicyclic) bond motifs is 2. The highest BCUT2D eigenvalue weighted by molar-refractivity contribution is 5.78. The number of piperazine rings is 5. The van der Waals surface area contributed by atoms with Crippen LogP contribution in [0.25, 0.3) is 0 Å². The number of morpholine rings is 1. The smallest absolute Gasteiger partial charge is 0.236 e. The normalized spacial score (nSPS) is 24.0. The number of benzene rings is 4. The maximum atomic E-state index is 11.9.